The second kappa shape index (κ2) is 4.14. The molecular formula is C7H17N3. The fourth-order valence-electron chi connectivity index (χ4n) is 0.418. The lowest BCUT2D eigenvalue weighted by Crippen LogP contribution is -2.30. The summed E-state index contributed by atoms with van der Waals surface area (Å²) in [5.41, 5.74) is 5.54. The Morgan fingerprint density at radius 3 is 2.30 bits per heavy atom. The van der Waals surface area contributed by atoms with Crippen LogP contribution >= 0.6 is 0 Å². The fourth-order valence-corrected chi connectivity index (χ4v) is 0.418. The fraction of sp³-hybridized carbons (Fsp3) is 0.857. The molecule has 0 saturated carbocycles. The highest BCUT2D eigenvalue weighted by Crippen LogP contribution is 1.91. The highest BCUT2D eigenvalue weighted by atomic mass is 15.2. The maximum Gasteiger partial charge on any atom is 0.190 e. The molecule has 0 saturated heterocycles. The summed E-state index contributed by atoms with van der Waals surface area (Å²) >= 11 is 0. The Morgan fingerprint density at radius 1 is 1.50 bits per heavy atom. The maximum atomic E-state index is 5.54. The molecule has 0 unspecified atom stereocenters. The largest absolute Gasteiger partial charge is 0.370 e. The Bertz CT molecular complexity index is 116. The Balaban J connectivity index is 3.69. The summed E-state index contributed by atoms with van der Waals surface area (Å²) < 4.78 is 0. The van der Waals surface area contributed by atoms with Gasteiger partial charge in [-0.25, -0.2) is 0 Å². The standard InChI is InChI=1S/C7H17N3/c1-6(2)5-9-7(8)10(3)4/h6H,5H2,1-4H3,(H2,8,9). The van der Waals surface area contributed by atoms with Gasteiger partial charge in [-0.3, -0.25) is 4.99 Å². The van der Waals surface area contributed by atoms with Gasteiger partial charge in [-0.1, -0.05) is 13.8 Å². The van der Waals surface area contributed by atoms with E-state index < -0.39 is 0 Å². The van der Waals surface area contributed by atoms with Crippen molar-refractivity contribution in [3.63, 3.8) is 0 Å². The second-order valence-electron chi connectivity index (χ2n) is 2.99. The highest BCUT2D eigenvalue weighted by molar-refractivity contribution is 5.77. The van der Waals surface area contributed by atoms with Crippen molar-refractivity contribution in [1.29, 1.82) is 0 Å². The highest BCUT2D eigenvalue weighted by Gasteiger charge is 1.94. The number of nitrogens with two attached hydrogens (primary N) is 1. The molecule has 10 heavy (non-hydrogen) atoms. The Hall–Kier alpha value is -0.730. The summed E-state index contributed by atoms with van der Waals surface area (Å²) in [7, 11) is 3.78. The van der Waals surface area contributed by atoms with Gasteiger partial charge in [-0.2, -0.15) is 0 Å². The van der Waals surface area contributed by atoms with Crippen LogP contribution in [0.4, 0.5) is 0 Å². The van der Waals surface area contributed by atoms with Gasteiger partial charge in [0.15, 0.2) is 5.96 Å². The topological polar surface area (TPSA) is 41.6 Å². The molecule has 0 aliphatic carbocycles. The van der Waals surface area contributed by atoms with Gasteiger partial charge in [0.05, 0.1) is 0 Å². The molecule has 3 nitrogen and oxygen atoms in total. The van der Waals surface area contributed by atoms with Crippen LogP contribution < -0.4 is 5.73 Å². The van der Waals surface area contributed by atoms with Gasteiger partial charge in [-0.05, 0) is 5.92 Å². The third-order valence-electron chi connectivity index (χ3n) is 1.08. The second-order valence-corrected chi connectivity index (χ2v) is 2.99. The monoisotopic (exact) mass is 143 g/mol. The molecule has 0 radical (unpaired) electrons. The molecule has 0 spiro atoms. The number of rotatable bonds is 2. The van der Waals surface area contributed by atoms with Crippen LogP contribution in [0.25, 0.3) is 0 Å². The molecule has 0 heterocycles. The van der Waals surface area contributed by atoms with E-state index in [9.17, 15) is 0 Å². The molecule has 0 aromatic rings. The summed E-state index contributed by atoms with van der Waals surface area (Å²) in [6, 6.07) is 0. The number of hydrogen-bond acceptors (Lipinski definition) is 1. The Labute approximate surface area is 62.9 Å². The molecular weight excluding hydrogens is 126 g/mol. The number of aliphatic imine (C=N–C) groups is 1. The lowest BCUT2D eigenvalue weighted by Gasteiger charge is -2.10. The van der Waals surface area contributed by atoms with Crippen molar-refractivity contribution in [3.05, 3.63) is 0 Å². The summed E-state index contributed by atoms with van der Waals surface area (Å²) in [6.07, 6.45) is 0. The van der Waals surface area contributed by atoms with E-state index in [2.05, 4.69) is 18.8 Å². The van der Waals surface area contributed by atoms with E-state index in [0.29, 0.717) is 11.9 Å². The number of nitrogens with zero attached hydrogens (tertiary/aromatic N) is 2. The third kappa shape index (κ3) is 4.18. The molecule has 3 heteroatoms. The van der Waals surface area contributed by atoms with Crippen LogP contribution in [-0.4, -0.2) is 31.5 Å². The zero-order chi connectivity index (χ0) is 8.15. The van der Waals surface area contributed by atoms with Crippen molar-refractivity contribution in [2.45, 2.75) is 13.8 Å². The van der Waals surface area contributed by atoms with Crippen molar-refractivity contribution in [3.8, 4) is 0 Å². The maximum absolute atomic E-state index is 5.54. The minimum atomic E-state index is 0.582. The Morgan fingerprint density at radius 2 is 2.00 bits per heavy atom. The molecule has 2 N–H and O–H groups in total. The van der Waals surface area contributed by atoms with Gasteiger partial charge >= 0.3 is 0 Å². The third-order valence-corrected chi connectivity index (χ3v) is 1.08. The van der Waals surface area contributed by atoms with Crippen molar-refractivity contribution < 1.29 is 0 Å². The lowest BCUT2D eigenvalue weighted by molar-refractivity contribution is 0.594. The molecule has 0 aromatic heterocycles. The van der Waals surface area contributed by atoms with Crippen LogP contribution in [0.3, 0.4) is 0 Å². The van der Waals surface area contributed by atoms with Gasteiger partial charge in [0.25, 0.3) is 0 Å². The van der Waals surface area contributed by atoms with E-state index in [4.69, 9.17) is 5.73 Å². The Kier molecular flexibility index (Phi) is 3.84. The van der Waals surface area contributed by atoms with Gasteiger partial charge in [-0.15, -0.1) is 0 Å². The minimum absolute atomic E-state index is 0.582. The average Bonchev–Trinajstić information content (AvgIpc) is 1.82. The van der Waals surface area contributed by atoms with Gasteiger partial charge in [0.2, 0.25) is 0 Å². The number of hydrogen-bond donors (Lipinski definition) is 1. The van der Waals surface area contributed by atoms with Crippen LogP contribution in [-0.2, 0) is 0 Å². The van der Waals surface area contributed by atoms with Crippen molar-refractivity contribution in [1.82, 2.24) is 4.90 Å². The molecule has 0 fully saturated rings. The van der Waals surface area contributed by atoms with Crippen LogP contribution in [0.15, 0.2) is 4.99 Å². The minimum Gasteiger partial charge on any atom is -0.370 e. The predicted octanol–water partition coefficient (Wildman–Crippen LogP) is 0.519. The zero-order valence-corrected chi connectivity index (χ0v) is 7.26. The summed E-state index contributed by atoms with van der Waals surface area (Å²) in [6.45, 7) is 5.04. The van der Waals surface area contributed by atoms with E-state index in [1.807, 2.05) is 19.0 Å². The molecule has 0 amide bonds. The van der Waals surface area contributed by atoms with Crippen LogP contribution in [0.2, 0.25) is 0 Å². The summed E-state index contributed by atoms with van der Waals surface area (Å²) in [5, 5.41) is 0. The van der Waals surface area contributed by atoms with Crippen molar-refractivity contribution >= 4 is 5.96 Å². The normalized spacial score (nSPS) is 12.3. The molecule has 0 rings (SSSR count). The molecule has 0 aliphatic rings. The first-order valence-electron chi connectivity index (χ1n) is 3.51. The van der Waals surface area contributed by atoms with E-state index in [0.717, 1.165) is 6.54 Å². The van der Waals surface area contributed by atoms with E-state index >= 15 is 0 Å². The summed E-state index contributed by atoms with van der Waals surface area (Å²) in [4.78, 5) is 5.95. The molecule has 60 valence electrons. The molecule has 0 aliphatic heterocycles. The van der Waals surface area contributed by atoms with Gasteiger partial charge in [0.1, 0.15) is 0 Å². The van der Waals surface area contributed by atoms with Crippen LogP contribution in [0.1, 0.15) is 13.8 Å². The van der Waals surface area contributed by atoms with E-state index in [-0.39, 0.29) is 0 Å². The van der Waals surface area contributed by atoms with Crippen LogP contribution in [0, 0.1) is 5.92 Å². The van der Waals surface area contributed by atoms with E-state index in [1.165, 1.54) is 0 Å². The van der Waals surface area contributed by atoms with Crippen molar-refractivity contribution in [2.24, 2.45) is 16.6 Å². The van der Waals surface area contributed by atoms with Crippen LogP contribution in [0.5, 0.6) is 0 Å². The average molecular weight is 143 g/mol. The number of guanidine groups is 1. The first-order valence-corrected chi connectivity index (χ1v) is 3.51. The summed E-state index contributed by atoms with van der Waals surface area (Å²) in [5.74, 6) is 1.19. The first-order chi connectivity index (χ1) is 4.54. The smallest absolute Gasteiger partial charge is 0.190 e. The molecule has 0 atom stereocenters. The quantitative estimate of drug-likeness (QED) is 0.452. The predicted molar refractivity (Wildman–Crippen MR) is 45.0 cm³/mol. The van der Waals surface area contributed by atoms with Gasteiger partial charge in [0, 0.05) is 20.6 Å². The van der Waals surface area contributed by atoms with Crippen molar-refractivity contribution in [2.75, 3.05) is 20.6 Å². The zero-order valence-electron chi connectivity index (χ0n) is 7.26. The first kappa shape index (κ1) is 9.27. The molecule has 0 aromatic carbocycles. The van der Waals surface area contributed by atoms with E-state index in [1.54, 1.807) is 0 Å². The SMILES string of the molecule is CC(C)CN=C(N)N(C)C. The van der Waals surface area contributed by atoms with Gasteiger partial charge < -0.3 is 10.6 Å². The lowest BCUT2D eigenvalue weighted by atomic mass is 10.2. The molecule has 0 bridgehead atoms.